The summed E-state index contributed by atoms with van der Waals surface area (Å²) in [5, 5.41) is 7.86. The van der Waals surface area contributed by atoms with Crippen molar-refractivity contribution in [2.24, 2.45) is 10.9 Å². The van der Waals surface area contributed by atoms with Crippen molar-refractivity contribution in [2.75, 3.05) is 32.8 Å². The Balaban J connectivity index is 0.00000288. The number of guanidine groups is 1. The summed E-state index contributed by atoms with van der Waals surface area (Å²) in [6.07, 6.45) is 7.69. The molecule has 0 atom stereocenters. The maximum absolute atomic E-state index is 5.63. The summed E-state index contributed by atoms with van der Waals surface area (Å²) >= 11 is 1.80. The van der Waals surface area contributed by atoms with Gasteiger partial charge in [0.05, 0.1) is 5.01 Å². The molecular weight excluding hydrogens is 435 g/mol. The predicted molar refractivity (Wildman–Crippen MR) is 113 cm³/mol. The number of thiazole rings is 1. The highest BCUT2D eigenvalue weighted by Crippen LogP contribution is 2.28. The molecule has 0 radical (unpaired) electrons. The van der Waals surface area contributed by atoms with Gasteiger partial charge >= 0.3 is 0 Å². The lowest BCUT2D eigenvalue weighted by Gasteiger charge is -2.10. The Morgan fingerprint density at radius 2 is 2.21 bits per heavy atom. The smallest absolute Gasteiger partial charge is 0.191 e. The highest BCUT2D eigenvalue weighted by Gasteiger charge is 2.20. The van der Waals surface area contributed by atoms with Gasteiger partial charge in [-0.3, -0.25) is 4.99 Å². The van der Waals surface area contributed by atoms with Crippen LogP contribution in [0.2, 0.25) is 0 Å². The summed E-state index contributed by atoms with van der Waals surface area (Å²) in [4.78, 5) is 10.4. The fourth-order valence-corrected chi connectivity index (χ4v) is 3.01. The minimum Gasteiger partial charge on any atom is -0.381 e. The fraction of sp³-hybridized carbons (Fsp3) is 0.765. The number of hydrogen-bond donors (Lipinski definition) is 2. The van der Waals surface area contributed by atoms with Crippen LogP contribution in [0.25, 0.3) is 0 Å². The maximum Gasteiger partial charge on any atom is 0.191 e. The summed E-state index contributed by atoms with van der Waals surface area (Å²) in [6.45, 7) is 8.55. The molecule has 0 aromatic carbocycles. The number of ether oxygens (including phenoxy) is 1. The van der Waals surface area contributed by atoms with Crippen molar-refractivity contribution in [2.45, 2.75) is 46.0 Å². The number of aromatic nitrogens is 1. The molecule has 1 heterocycles. The fourth-order valence-electron chi connectivity index (χ4n) is 2.15. The molecule has 2 N–H and O–H groups in total. The topological polar surface area (TPSA) is 58.5 Å². The van der Waals surface area contributed by atoms with Gasteiger partial charge in [0.15, 0.2) is 5.96 Å². The van der Waals surface area contributed by atoms with Gasteiger partial charge in [-0.2, -0.15) is 0 Å². The van der Waals surface area contributed by atoms with Crippen LogP contribution in [-0.4, -0.2) is 43.8 Å². The predicted octanol–water partition coefficient (Wildman–Crippen LogP) is 3.24. The van der Waals surface area contributed by atoms with Crippen LogP contribution in [-0.2, 0) is 17.6 Å². The van der Waals surface area contributed by atoms with Crippen molar-refractivity contribution in [1.29, 1.82) is 0 Å². The third kappa shape index (κ3) is 9.17. The number of nitrogens with one attached hydrogen (secondary N) is 2. The lowest BCUT2D eigenvalue weighted by Crippen LogP contribution is -2.38. The first-order valence-corrected chi connectivity index (χ1v) is 9.67. The van der Waals surface area contributed by atoms with E-state index < -0.39 is 0 Å². The third-order valence-corrected chi connectivity index (χ3v) is 4.89. The zero-order valence-electron chi connectivity index (χ0n) is 14.8. The Kier molecular flexibility index (Phi) is 11.6. The molecule has 24 heavy (non-hydrogen) atoms. The van der Waals surface area contributed by atoms with Crippen LogP contribution < -0.4 is 10.6 Å². The van der Waals surface area contributed by atoms with Gasteiger partial charge in [0.25, 0.3) is 0 Å². The summed E-state index contributed by atoms with van der Waals surface area (Å²) in [7, 11) is 0. The average Bonchev–Trinajstić information content (AvgIpc) is 3.27. The summed E-state index contributed by atoms with van der Waals surface area (Å²) in [5.74, 6) is 1.73. The maximum atomic E-state index is 5.63. The van der Waals surface area contributed by atoms with Crippen molar-refractivity contribution in [3.63, 3.8) is 0 Å². The normalized spacial score (nSPS) is 14.3. The average molecular weight is 466 g/mol. The molecule has 1 fully saturated rings. The first-order valence-electron chi connectivity index (χ1n) is 8.85. The first kappa shape index (κ1) is 21.6. The molecule has 7 heteroatoms. The molecule has 1 saturated carbocycles. The second kappa shape index (κ2) is 12.9. The molecule has 0 aliphatic heterocycles. The van der Waals surface area contributed by atoms with Crippen LogP contribution in [0.5, 0.6) is 0 Å². The Labute approximate surface area is 167 Å². The molecule has 5 nitrogen and oxygen atoms in total. The highest BCUT2D eigenvalue weighted by atomic mass is 127. The van der Waals surface area contributed by atoms with Crippen LogP contribution in [0.3, 0.4) is 0 Å². The quantitative estimate of drug-likeness (QED) is 0.228. The highest BCUT2D eigenvalue weighted by molar-refractivity contribution is 14.0. The SMILES string of the molecule is CCNC(=NCCCOCC1CC1)NCCc1ncc(CC)s1.I. The Morgan fingerprint density at radius 3 is 2.88 bits per heavy atom. The molecule has 1 aliphatic rings. The Hall–Kier alpha value is -0.410. The standard InChI is InChI=1S/C17H30N4OS.HI/c1-3-15-12-21-16(23-15)8-10-20-17(18-4-2)19-9-5-11-22-13-14-6-7-14;/h12,14H,3-11,13H2,1-2H3,(H2,18,19,20);1H. The van der Waals surface area contributed by atoms with Crippen molar-refractivity contribution < 1.29 is 4.74 Å². The molecule has 1 aliphatic carbocycles. The Morgan fingerprint density at radius 1 is 1.38 bits per heavy atom. The summed E-state index contributed by atoms with van der Waals surface area (Å²) in [6, 6.07) is 0. The number of hydrogen-bond acceptors (Lipinski definition) is 4. The van der Waals surface area contributed by atoms with Gasteiger partial charge < -0.3 is 15.4 Å². The zero-order valence-corrected chi connectivity index (χ0v) is 18.0. The Bertz CT molecular complexity index is 477. The van der Waals surface area contributed by atoms with Crippen LogP contribution in [0, 0.1) is 5.92 Å². The van der Waals surface area contributed by atoms with E-state index in [1.54, 1.807) is 11.3 Å². The number of aryl methyl sites for hydroxylation is 1. The molecule has 0 amide bonds. The van der Waals surface area contributed by atoms with E-state index in [-0.39, 0.29) is 24.0 Å². The zero-order chi connectivity index (χ0) is 16.3. The van der Waals surface area contributed by atoms with Gasteiger partial charge in [-0.05, 0) is 38.5 Å². The molecule has 0 spiro atoms. The second-order valence-corrected chi connectivity index (χ2v) is 7.08. The lowest BCUT2D eigenvalue weighted by molar-refractivity contribution is 0.123. The lowest BCUT2D eigenvalue weighted by atomic mass is 10.4. The van der Waals surface area contributed by atoms with E-state index in [0.717, 1.165) is 64.0 Å². The molecule has 138 valence electrons. The van der Waals surface area contributed by atoms with Crippen LogP contribution in [0.4, 0.5) is 0 Å². The van der Waals surface area contributed by atoms with E-state index in [9.17, 15) is 0 Å². The number of nitrogens with zero attached hydrogens (tertiary/aromatic N) is 2. The van der Waals surface area contributed by atoms with Crippen molar-refractivity contribution in [1.82, 2.24) is 15.6 Å². The van der Waals surface area contributed by atoms with Crippen LogP contribution in [0.1, 0.15) is 43.0 Å². The van der Waals surface area contributed by atoms with Crippen molar-refractivity contribution in [3.05, 3.63) is 16.1 Å². The van der Waals surface area contributed by atoms with Gasteiger partial charge in [0, 0.05) is 50.3 Å². The van der Waals surface area contributed by atoms with Crippen molar-refractivity contribution in [3.8, 4) is 0 Å². The molecule has 0 unspecified atom stereocenters. The number of rotatable bonds is 11. The molecule has 0 bridgehead atoms. The van der Waals surface area contributed by atoms with Gasteiger partial charge in [-0.25, -0.2) is 4.98 Å². The monoisotopic (exact) mass is 466 g/mol. The third-order valence-electron chi connectivity index (χ3n) is 3.69. The van der Waals surface area contributed by atoms with Crippen LogP contribution >= 0.6 is 35.3 Å². The minimum atomic E-state index is 0. The van der Waals surface area contributed by atoms with Gasteiger partial charge in [-0.1, -0.05) is 6.92 Å². The van der Waals surface area contributed by atoms with Crippen LogP contribution in [0.15, 0.2) is 11.2 Å². The van der Waals surface area contributed by atoms with Gasteiger partial charge in [0.1, 0.15) is 0 Å². The first-order chi connectivity index (χ1) is 11.3. The largest absolute Gasteiger partial charge is 0.381 e. The van der Waals surface area contributed by atoms with Gasteiger partial charge in [0.2, 0.25) is 0 Å². The van der Waals surface area contributed by atoms with E-state index in [1.807, 2.05) is 6.20 Å². The second-order valence-electron chi connectivity index (χ2n) is 5.88. The van der Waals surface area contributed by atoms with E-state index in [0.29, 0.717) is 0 Å². The number of halogens is 1. The minimum absolute atomic E-state index is 0. The number of aliphatic imine (C=N–C) groups is 1. The molecular formula is C17H31IN4OS. The van der Waals surface area contributed by atoms with E-state index >= 15 is 0 Å². The molecule has 1 aromatic rings. The summed E-state index contributed by atoms with van der Waals surface area (Å²) in [5.41, 5.74) is 0. The molecule has 2 rings (SSSR count). The molecule has 1 aromatic heterocycles. The molecule has 0 saturated heterocycles. The van der Waals surface area contributed by atoms with E-state index in [2.05, 4.69) is 34.5 Å². The van der Waals surface area contributed by atoms with E-state index in [1.165, 1.54) is 22.7 Å². The van der Waals surface area contributed by atoms with Crippen molar-refractivity contribution >= 4 is 41.3 Å². The van der Waals surface area contributed by atoms with E-state index in [4.69, 9.17) is 4.74 Å². The van der Waals surface area contributed by atoms with Gasteiger partial charge in [-0.15, -0.1) is 35.3 Å². The summed E-state index contributed by atoms with van der Waals surface area (Å²) < 4.78 is 5.63.